The molecule has 2 aromatic rings. The zero-order valence-electron chi connectivity index (χ0n) is 20.4. The van der Waals surface area contributed by atoms with Gasteiger partial charge in [0.15, 0.2) is 5.82 Å². The number of nitrogens with zero attached hydrogens (tertiary/aromatic N) is 3. The fourth-order valence-electron chi connectivity index (χ4n) is 4.66. The Hall–Kier alpha value is -2.55. The monoisotopic (exact) mass is 546 g/mol. The summed E-state index contributed by atoms with van der Waals surface area (Å²) < 4.78 is 84.9. The molecule has 4 N–H and O–H groups in total. The average Bonchev–Trinajstić information content (AvgIpc) is 2.80. The first-order chi connectivity index (χ1) is 17.3. The highest BCUT2D eigenvalue weighted by molar-refractivity contribution is 7.89. The van der Waals surface area contributed by atoms with Crippen LogP contribution in [0.1, 0.15) is 38.7 Å². The van der Waals surface area contributed by atoms with Crippen LogP contribution >= 0.6 is 0 Å². The number of rotatable bonds is 6. The van der Waals surface area contributed by atoms with Gasteiger partial charge in [0.2, 0.25) is 16.0 Å². The molecular weight excluding hydrogens is 516 g/mol. The van der Waals surface area contributed by atoms with Crippen molar-refractivity contribution >= 4 is 27.5 Å². The van der Waals surface area contributed by atoms with Crippen molar-refractivity contribution in [3.05, 3.63) is 35.8 Å². The molecule has 9 nitrogen and oxygen atoms in total. The Morgan fingerprint density at radius 1 is 1.30 bits per heavy atom. The summed E-state index contributed by atoms with van der Waals surface area (Å²) in [6.45, 7) is 4.83. The zero-order valence-corrected chi connectivity index (χ0v) is 21.3. The average molecular weight is 547 g/mol. The predicted molar refractivity (Wildman–Crippen MR) is 130 cm³/mol. The van der Waals surface area contributed by atoms with Gasteiger partial charge in [-0.2, -0.15) is 18.2 Å². The van der Waals surface area contributed by atoms with Crippen LogP contribution in [0.25, 0.3) is 0 Å². The Kier molecular flexibility index (Phi) is 7.66. The van der Waals surface area contributed by atoms with Gasteiger partial charge in [-0.05, 0) is 57.3 Å². The third-order valence-electron chi connectivity index (χ3n) is 6.64. The molecule has 204 valence electrons. The normalized spacial score (nSPS) is 25.2. The molecule has 0 aliphatic carbocycles. The molecule has 0 spiro atoms. The van der Waals surface area contributed by atoms with Crippen molar-refractivity contribution in [2.75, 3.05) is 36.4 Å². The highest BCUT2D eigenvalue weighted by atomic mass is 32.2. The van der Waals surface area contributed by atoms with Crippen LogP contribution in [-0.2, 0) is 16.2 Å². The Labute approximate surface area is 212 Å². The molecule has 1 aromatic carbocycles. The number of benzene rings is 1. The summed E-state index contributed by atoms with van der Waals surface area (Å²) in [6.07, 6.45) is -2.74. The lowest BCUT2D eigenvalue weighted by molar-refractivity contribution is -0.137. The van der Waals surface area contributed by atoms with E-state index in [4.69, 9.17) is 0 Å². The van der Waals surface area contributed by atoms with Gasteiger partial charge in [0.05, 0.1) is 11.3 Å². The van der Waals surface area contributed by atoms with Gasteiger partial charge in [-0.25, -0.2) is 22.5 Å². The maximum Gasteiger partial charge on any atom is 0.421 e. The van der Waals surface area contributed by atoms with Gasteiger partial charge < -0.3 is 20.6 Å². The van der Waals surface area contributed by atoms with Gasteiger partial charge in [-0.15, -0.1) is 0 Å². The van der Waals surface area contributed by atoms with Crippen molar-refractivity contribution in [2.45, 2.75) is 55.8 Å². The van der Waals surface area contributed by atoms with Gasteiger partial charge in [0.25, 0.3) is 0 Å². The van der Waals surface area contributed by atoms with E-state index in [1.165, 1.54) is 24.0 Å². The smallest absolute Gasteiger partial charge is 0.388 e. The lowest BCUT2D eigenvalue weighted by Gasteiger charge is -2.38. The number of aromatic nitrogens is 2. The summed E-state index contributed by atoms with van der Waals surface area (Å²) in [6, 6.07) is 3.31. The minimum absolute atomic E-state index is 0.00225. The highest BCUT2D eigenvalue weighted by Crippen LogP contribution is 2.38. The van der Waals surface area contributed by atoms with Crippen molar-refractivity contribution in [1.29, 1.82) is 0 Å². The topological polar surface area (TPSA) is 119 Å². The number of hydrogen-bond acceptors (Lipinski definition) is 8. The van der Waals surface area contributed by atoms with E-state index in [9.17, 15) is 26.7 Å². The minimum Gasteiger partial charge on any atom is -0.388 e. The molecule has 2 aliphatic heterocycles. The van der Waals surface area contributed by atoms with Crippen LogP contribution in [0.3, 0.4) is 0 Å². The molecule has 3 heterocycles. The molecule has 2 fully saturated rings. The molecule has 0 bridgehead atoms. The van der Waals surface area contributed by atoms with Gasteiger partial charge in [-0.3, -0.25) is 0 Å². The number of hydrogen-bond donors (Lipinski definition) is 4. The van der Waals surface area contributed by atoms with E-state index in [-0.39, 0.29) is 36.7 Å². The number of anilines is 3. The second-order valence-corrected chi connectivity index (χ2v) is 11.6. The molecule has 14 heteroatoms. The second-order valence-electron chi connectivity index (χ2n) is 9.89. The van der Waals surface area contributed by atoms with Crippen LogP contribution in [0.5, 0.6) is 0 Å². The van der Waals surface area contributed by atoms with Crippen LogP contribution in [0.4, 0.5) is 35.0 Å². The molecule has 37 heavy (non-hydrogen) atoms. The maximum absolute atomic E-state index is 15.4. The number of halogens is 4. The van der Waals surface area contributed by atoms with E-state index in [0.717, 1.165) is 6.07 Å². The Morgan fingerprint density at radius 3 is 2.73 bits per heavy atom. The predicted octanol–water partition coefficient (Wildman–Crippen LogP) is 3.01. The third kappa shape index (κ3) is 6.30. The van der Waals surface area contributed by atoms with Crippen molar-refractivity contribution in [3.63, 3.8) is 0 Å². The van der Waals surface area contributed by atoms with Crippen LogP contribution < -0.4 is 20.3 Å². The van der Waals surface area contributed by atoms with Gasteiger partial charge in [0, 0.05) is 25.3 Å². The quantitative estimate of drug-likeness (QED) is 0.409. The summed E-state index contributed by atoms with van der Waals surface area (Å²) in [5, 5.41) is 16.1. The first-order valence-electron chi connectivity index (χ1n) is 12.0. The molecule has 0 amide bonds. The molecule has 2 saturated heterocycles. The van der Waals surface area contributed by atoms with Crippen LogP contribution in [0.15, 0.2) is 29.3 Å². The number of alkyl halides is 3. The van der Waals surface area contributed by atoms with E-state index < -0.39 is 43.9 Å². The maximum atomic E-state index is 15.4. The van der Waals surface area contributed by atoms with E-state index >= 15 is 4.39 Å². The first-order valence-corrected chi connectivity index (χ1v) is 13.5. The number of sulfonamides is 1. The Morgan fingerprint density at radius 2 is 2.05 bits per heavy atom. The molecule has 4 rings (SSSR count). The lowest BCUT2D eigenvalue weighted by Crippen LogP contribution is -2.48. The Balaban J connectivity index is 1.63. The fourth-order valence-corrected chi connectivity index (χ4v) is 6.14. The summed E-state index contributed by atoms with van der Waals surface area (Å²) in [5.74, 6) is -1.90. The van der Waals surface area contributed by atoms with E-state index in [0.29, 0.717) is 38.5 Å². The van der Waals surface area contributed by atoms with Crippen LogP contribution in [-0.4, -0.2) is 61.3 Å². The molecule has 0 saturated carbocycles. The van der Waals surface area contributed by atoms with Crippen molar-refractivity contribution in [3.8, 4) is 0 Å². The first kappa shape index (κ1) is 27.5. The highest BCUT2D eigenvalue weighted by Gasteiger charge is 2.39. The summed E-state index contributed by atoms with van der Waals surface area (Å²) >= 11 is 0. The molecule has 3 atom stereocenters. The number of β-amino-alcohol motifs (C(OH)–C–C–N with tert-alkyl or cyclic N) is 1. The lowest BCUT2D eigenvalue weighted by atomic mass is 9.95. The van der Waals surface area contributed by atoms with E-state index in [1.54, 1.807) is 0 Å². The fraction of sp³-hybridized carbons (Fsp3) is 0.565. The van der Waals surface area contributed by atoms with E-state index in [2.05, 4.69) is 25.3 Å². The van der Waals surface area contributed by atoms with Crippen LogP contribution in [0, 0.1) is 11.7 Å². The molecular formula is C23H30F4N6O3S. The molecule has 2 aliphatic rings. The van der Waals surface area contributed by atoms with Crippen molar-refractivity contribution in [1.82, 2.24) is 20.0 Å². The van der Waals surface area contributed by atoms with Crippen molar-refractivity contribution < 1.29 is 31.1 Å². The van der Waals surface area contributed by atoms with Gasteiger partial charge in [-0.1, -0.05) is 13.0 Å². The minimum atomic E-state index is -4.76. The van der Waals surface area contributed by atoms with Crippen molar-refractivity contribution in [2.24, 2.45) is 5.92 Å². The Bertz CT molecular complexity index is 1240. The second kappa shape index (κ2) is 10.3. The third-order valence-corrected chi connectivity index (χ3v) is 8.15. The number of nitrogens with one attached hydrogen (secondary N) is 3. The number of piperidine rings is 2. The molecule has 0 radical (unpaired) electrons. The van der Waals surface area contributed by atoms with E-state index in [1.807, 2.05) is 6.92 Å². The largest absolute Gasteiger partial charge is 0.421 e. The summed E-state index contributed by atoms with van der Waals surface area (Å²) in [7, 11) is -4.22. The van der Waals surface area contributed by atoms with Gasteiger partial charge in [0.1, 0.15) is 16.3 Å². The van der Waals surface area contributed by atoms with Gasteiger partial charge >= 0.3 is 6.18 Å². The summed E-state index contributed by atoms with van der Waals surface area (Å²) in [5.41, 5.74) is -2.60. The molecule has 1 aromatic heterocycles. The number of aliphatic hydroxyl groups is 1. The summed E-state index contributed by atoms with van der Waals surface area (Å²) in [4.78, 5) is 8.42. The molecule has 0 unspecified atom stereocenters. The van der Waals surface area contributed by atoms with Crippen LogP contribution in [0.2, 0.25) is 0 Å². The standard InChI is InChI=1S/C23H30F4N6O3S/c1-14-11-28-9-7-16(14)32-37(35,36)18-6-3-5-17(19(18)24)30-21-29-12-15(23(25,26)27)20(31-21)33-10-4-8-22(2,34)13-33/h3,5-6,12,14,16,28,32,34H,4,7-11,13H2,1-2H3,(H,29,30,31)/t14-,16+,22-/m0/s1. The SMILES string of the molecule is C[C@H]1CNCC[C@H]1NS(=O)(=O)c1cccc(Nc2ncc(C(F)(F)F)c(N3CCC[C@](C)(O)C3)n2)c1F. The zero-order chi connectivity index (χ0) is 27.0.